The summed E-state index contributed by atoms with van der Waals surface area (Å²) in [5.74, 6) is -0.714. The summed E-state index contributed by atoms with van der Waals surface area (Å²) in [5.41, 5.74) is 2.13. The van der Waals surface area contributed by atoms with E-state index in [1.54, 1.807) is 0 Å². The van der Waals surface area contributed by atoms with E-state index in [2.05, 4.69) is 25.3 Å². The van der Waals surface area contributed by atoms with Crippen LogP contribution in [0.25, 0.3) is 0 Å². The van der Waals surface area contributed by atoms with Gasteiger partial charge in [-0.3, -0.25) is 15.5 Å². The van der Waals surface area contributed by atoms with Crippen LogP contribution in [0.3, 0.4) is 0 Å². The molecule has 1 saturated heterocycles. The minimum absolute atomic E-state index is 0.00150. The number of Topliss-reactive ketones (excluding diaryl/α,β-unsaturated/α-hetero) is 1. The lowest BCUT2D eigenvalue weighted by atomic mass is 10.1. The first-order valence-electron chi connectivity index (χ1n) is 8.82. The van der Waals surface area contributed by atoms with E-state index in [9.17, 15) is 14.4 Å². The molecule has 0 spiro atoms. The van der Waals surface area contributed by atoms with Crippen molar-refractivity contribution in [3.05, 3.63) is 34.7 Å². The molecule has 1 fully saturated rings. The lowest BCUT2D eigenvalue weighted by Gasteiger charge is -2.22. The molecule has 1 aliphatic rings. The van der Waals surface area contributed by atoms with Crippen LogP contribution in [0, 0.1) is 5.82 Å². The average Bonchev–Trinajstić information content (AvgIpc) is 3.20. The highest BCUT2D eigenvalue weighted by molar-refractivity contribution is 6.31. The van der Waals surface area contributed by atoms with Gasteiger partial charge in [-0.05, 0) is 34.9 Å². The minimum atomic E-state index is -0.596. The fourth-order valence-corrected chi connectivity index (χ4v) is 2.77. The summed E-state index contributed by atoms with van der Waals surface area (Å²) in [7, 11) is 0. The number of halogens is 2. The SMILES string of the molecule is O=C(CCCOc1nonc1C(=Nc1ccc(F)c(Cl)c1)NO)C1COCCN1. The third-order valence-electron chi connectivity index (χ3n) is 4.05. The number of nitrogens with zero attached hydrogens (tertiary/aromatic N) is 3. The van der Waals surface area contributed by atoms with Gasteiger partial charge in [-0.25, -0.2) is 14.0 Å². The zero-order valence-corrected chi connectivity index (χ0v) is 16.0. The molecular weight excluding hydrogens is 409 g/mol. The molecule has 3 N–H and O–H groups in total. The first-order valence-corrected chi connectivity index (χ1v) is 9.19. The Morgan fingerprint density at radius 3 is 3.07 bits per heavy atom. The molecule has 12 heteroatoms. The topological polar surface area (TPSA) is 131 Å². The minimum Gasteiger partial charge on any atom is -0.474 e. The number of hydroxylamine groups is 1. The van der Waals surface area contributed by atoms with E-state index >= 15 is 0 Å². The predicted molar refractivity (Wildman–Crippen MR) is 99.2 cm³/mol. The van der Waals surface area contributed by atoms with Gasteiger partial charge in [0.15, 0.2) is 11.6 Å². The Bertz CT molecular complexity index is 872. The normalized spacial score (nSPS) is 17.2. The van der Waals surface area contributed by atoms with E-state index in [-0.39, 0.29) is 46.6 Å². The maximum atomic E-state index is 13.3. The molecule has 1 unspecified atom stereocenters. The molecule has 0 radical (unpaired) electrons. The van der Waals surface area contributed by atoms with Crippen LogP contribution in [-0.2, 0) is 9.53 Å². The second-order valence-electron chi connectivity index (χ2n) is 6.09. The number of morpholine rings is 1. The van der Waals surface area contributed by atoms with E-state index in [1.807, 2.05) is 5.48 Å². The van der Waals surface area contributed by atoms with Gasteiger partial charge < -0.3 is 14.8 Å². The highest BCUT2D eigenvalue weighted by Crippen LogP contribution is 2.23. The largest absolute Gasteiger partial charge is 0.474 e. The van der Waals surface area contributed by atoms with Crippen molar-refractivity contribution >= 4 is 28.9 Å². The quantitative estimate of drug-likeness (QED) is 0.249. The van der Waals surface area contributed by atoms with Crippen molar-refractivity contribution in [2.75, 3.05) is 26.4 Å². The molecule has 1 atom stereocenters. The Kier molecular flexibility index (Phi) is 7.47. The molecule has 2 aromatic rings. The van der Waals surface area contributed by atoms with Crippen LogP contribution in [0.5, 0.6) is 5.88 Å². The Hall–Kier alpha value is -2.60. The van der Waals surface area contributed by atoms with Gasteiger partial charge in [-0.1, -0.05) is 11.6 Å². The van der Waals surface area contributed by atoms with Crippen LogP contribution in [0.4, 0.5) is 10.1 Å². The summed E-state index contributed by atoms with van der Waals surface area (Å²) in [6, 6.07) is 3.48. The third-order valence-corrected chi connectivity index (χ3v) is 4.34. The standard InChI is InChI=1S/C17H19ClFN5O5/c18-11-8-10(3-4-12(11)19)21-16(22-26)15-17(24-29-23-15)28-6-1-2-14(25)13-9-27-7-5-20-13/h3-4,8,13,20,26H,1-2,5-7,9H2,(H,21,22). The van der Waals surface area contributed by atoms with E-state index < -0.39 is 5.82 Å². The third kappa shape index (κ3) is 5.70. The molecule has 0 saturated carbocycles. The first-order chi connectivity index (χ1) is 14.1. The average molecular weight is 428 g/mol. The van der Waals surface area contributed by atoms with Gasteiger partial charge in [0, 0.05) is 13.0 Å². The second kappa shape index (κ2) is 10.3. The van der Waals surface area contributed by atoms with Crippen LogP contribution in [-0.4, -0.2) is 59.5 Å². The highest BCUT2D eigenvalue weighted by atomic mass is 35.5. The van der Waals surface area contributed by atoms with Crippen LogP contribution in [0.15, 0.2) is 27.8 Å². The number of carbonyl (C=O) groups excluding carboxylic acids is 1. The molecular formula is C17H19ClFN5O5. The van der Waals surface area contributed by atoms with Crippen LogP contribution < -0.4 is 15.5 Å². The van der Waals surface area contributed by atoms with Crippen molar-refractivity contribution in [1.29, 1.82) is 0 Å². The number of rotatable bonds is 8. The van der Waals surface area contributed by atoms with Crippen molar-refractivity contribution in [2.45, 2.75) is 18.9 Å². The zero-order chi connectivity index (χ0) is 20.6. The van der Waals surface area contributed by atoms with E-state index in [0.29, 0.717) is 32.6 Å². The maximum Gasteiger partial charge on any atom is 0.287 e. The van der Waals surface area contributed by atoms with E-state index in [0.717, 1.165) is 6.07 Å². The number of aliphatic imine (C=N–C) groups is 1. The van der Waals surface area contributed by atoms with Crippen LogP contribution in [0.1, 0.15) is 18.5 Å². The maximum absolute atomic E-state index is 13.3. The molecule has 1 aromatic carbocycles. The zero-order valence-electron chi connectivity index (χ0n) is 15.2. The Morgan fingerprint density at radius 1 is 1.48 bits per heavy atom. The Morgan fingerprint density at radius 2 is 2.34 bits per heavy atom. The number of ketones is 1. The molecule has 0 aliphatic carbocycles. The van der Waals surface area contributed by atoms with Crippen molar-refractivity contribution in [2.24, 2.45) is 4.99 Å². The number of aromatic nitrogens is 2. The Balaban J connectivity index is 1.58. The van der Waals surface area contributed by atoms with Gasteiger partial charge in [0.1, 0.15) is 5.82 Å². The summed E-state index contributed by atoms with van der Waals surface area (Å²) in [5, 5.41) is 19.6. The molecule has 10 nitrogen and oxygen atoms in total. The lowest BCUT2D eigenvalue weighted by Crippen LogP contribution is -2.46. The van der Waals surface area contributed by atoms with Gasteiger partial charge in [0.05, 0.1) is 36.6 Å². The van der Waals surface area contributed by atoms with Gasteiger partial charge in [0.25, 0.3) is 5.88 Å². The van der Waals surface area contributed by atoms with Gasteiger partial charge in [-0.2, -0.15) is 0 Å². The number of hydrogen-bond donors (Lipinski definition) is 3. The number of hydrogen-bond acceptors (Lipinski definition) is 9. The molecule has 2 heterocycles. The van der Waals surface area contributed by atoms with Crippen molar-refractivity contribution in [1.82, 2.24) is 21.1 Å². The fourth-order valence-electron chi connectivity index (χ4n) is 2.60. The van der Waals surface area contributed by atoms with Crippen molar-refractivity contribution < 1.29 is 28.5 Å². The monoisotopic (exact) mass is 427 g/mol. The summed E-state index contributed by atoms with van der Waals surface area (Å²) in [6.45, 7) is 1.78. The second-order valence-corrected chi connectivity index (χ2v) is 6.50. The molecule has 156 valence electrons. The van der Waals surface area contributed by atoms with Crippen molar-refractivity contribution in [3.63, 3.8) is 0 Å². The number of nitrogens with one attached hydrogen (secondary N) is 2. The summed E-state index contributed by atoms with van der Waals surface area (Å²) >= 11 is 5.72. The number of amidine groups is 1. The van der Waals surface area contributed by atoms with Crippen LogP contribution >= 0.6 is 11.6 Å². The summed E-state index contributed by atoms with van der Waals surface area (Å²) in [4.78, 5) is 16.2. The lowest BCUT2D eigenvalue weighted by molar-refractivity contribution is -0.124. The number of benzene rings is 1. The molecule has 1 aromatic heterocycles. The highest BCUT2D eigenvalue weighted by Gasteiger charge is 2.21. The van der Waals surface area contributed by atoms with E-state index in [4.69, 9.17) is 21.1 Å². The molecule has 0 amide bonds. The summed E-state index contributed by atoms with van der Waals surface area (Å²) in [6.07, 6.45) is 0.741. The molecule has 1 aliphatic heterocycles. The molecule has 3 rings (SSSR count). The predicted octanol–water partition coefficient (Wildman–Crippen LogP) is 1.64. The summed E-state index contributed by atoms with van der Waals surface area (Å²) < 4.78 is 28.7. The smallest absolute Gasteiger partial charge is 0.287 e. The molecule has 29 heavy (non-hydrogen) atoms. The van der Waals surface area contributed by atoms with Gasteiger partial charge >= 0.3 is 0 Å². The fraction of sp³-hybridized carbons (Fsp3) is 0.412. The number of carbonyl (C=O) groups is 1. The Labute approximate surface area is 170 Å². The van der Waals surface area contributed by atoms with Gasteiger partial charge in [0.2, 0.25) is 5.69 Å². The first kappa shape index (κ1) is 21.1. The van der Waals surface area contributed by atoms with Gasteiger partial charge in [-0.15, -0.1) is 0 Å². The number of ether oxygens (including phenoxy) is 2. The van der Waals surface area contributed by atoms with Crippen molar-refractivity contribution in [3.8, 4) is 5.88 Å². The molecule has 0 bridgehead atoms. The van der Waals surface area contributed by atoms with Crippen LogP contribution in [0.2, 0.25) is 5.02 Å². The van der Waals surface area contributed by atoms with E-state index in [1.165, 1.54) is 12.1 Å².